The number of hydrogen-bond acceptors (Lipinski definition) is 1. The van der Waals surface area contributed by atoms with E-state index in [4.69, 9.17) is 0 Å². The van der Waals surface area contributed by atoms with Crippen LogP contribution in [0.25, 0.3) is 0 Å². The van der Waals surface area contributed by atoms with E-state index in [9.17, 15) is 4.79 Å². The summed E-state index contributed by atoms with van der Waals surface area (Å²) in [5.41, 5.74) is 6.90. The van der Waals surface area contributed by atoms with Crippen LogP contribution in [0.15, 0.2) is 72.8 Å². The molecule has 0 saturated heterocycles. The van der Waals surface area contributed by atoms with E-state index >= 15 is 0 Å². The van der Waals surface area contributed by atoms with Gasteiger partial charge in [-0.3, -0.25) is 4.79 Å². The summed E-state index contributed by atoms with van der Waals surface area (Å²) >= 11 is 0. The van der Waals surface area contributed by atoms with Crippen molar-refractivity contribution >= 4 is 5.78 Å². The molecule has 0 radical (unpaired) electrons. The normalized spacial score (nSPS) is 9.31. The third-order valence-electron chi connectivity index (χ3n) is 3.91. The lowest BCUT2D eigenvalue weighted by molar-refractivity contribution is 0.101. The van der Waals surface area contributed by atoms with Crippen LogP contribution in [-0.2, 0) is 0 Å². The van der Waals surface area contributed by atoms with Crippen molar-refractivity contribution < 1.29 is 4.79 Å². The fraction of sp³-hybridized carbons (Fsp3) is 0.240. The van der Waals surface area contributed by atoms with Crippen molar-refractivity contribution in [3.8, 4) is 0 Å². The number of hydrogen-bond donors (Lipinski definition) is 0. The zero-order valence-corrected chi connectivity index (χ0v) is 16.8. The molecule has 0 N–H and O–H groups in total. The number of benzene rings is 3. The van der Waals surface area contributed by atoms with Crippen molar-refractivity contribution in [3.05, 3.63) is 106 Å². The highest BCUT2D eigenvalue weighted by molar-refractivity contribution is 5.97. The molecule has 0 spiro atoms. The molecule has 0 saturated carbocycles. The Morgan fingerprint density at radius 3 is 1.15 bits per heavy atom. The monoisotopic (exact) mass is 346 g/mol. The first-order chi connectivity index (χ1) is 12.3. The fourth-order valence-electron chi connectivity index (χ4n) is 2.80. The maximum Gasteiger partial charge on any atom is 0.160 e. The summed E-state index contributed by atoms with van der Waals surface area (Å²) in [6.07, 6.45) is 0. The Morgan fingerprint density at radius 2 is 0.923 bits per heavy atom. The number of rotatable bonds is 1. The maximum absolute atomic E-state index is 11.2. The number of carbonyl (C=O) groups excluding carboxylic acids is 1. The third kappa shape index (κ3) is 7.94. The van der Waals surface area contributed by atoms with Crippen LogP contribution in [0, 0.1) is 34.6 Å². The highest BCUT2D eigenvalue weighted by Crippen LogP contribution is 2.16. The molecule has 26 heavy (non-hydrogen) atoms. The second-order valence-corrected chi connectivity index (χ2v) is 6.64. The van der Waals surface area contributed by atoms with E-state index in [1.807, 2.05) is 69.3 Å². The Morgan fingerprint density at radius 1 is 0.577 bits per heavy atom. The number of aryl methyl sites for hydroxylation is 5. The van der Waals surface area contributed by atoms with Crippen molar-refractivity contribution in [2.45, 2.75) is 41.5 Å². The van der Waals surface area contributed by atoms with Crippen molar-refractivity contribution in [2.24, 2.45) is 0 Å². The van der Waals surface area contributed by atoms with Crippen LogP contribution < -0.4 is 0 Å². The van der Waals surface area contributed by atoms with Crippen LogP contribution in [0.2, 0.25) is 0 Å². The Balaban J connectivity index is 0.000000207. The van der Waals surface area contributed by atoms with Gasteiger partial charge in [0.05, 0.1) is 0 Å². The second-order valence-electron chi connectivity index (χ2n) is 6.64. The molecule has 1 heteroatoms. The van der Waals surface area contributed by atoms with Crippen LogP contribution >= 0.6 is 0 Å². The SMILES string of the molecule is CC(=O)c1c(C)cc(C)cc1C.Cc1ccccc1.Cc1ccccc1. The van der Waals surface area contributed by atoms with Crippen LogP contribution in [0.5, 0.6) is 0 Å². The molecule has 3 aromatic carbocycles. The minimum Gasteiger partial charge on any atom is -0.294 e. The summed E-state index contributed by atoms with van der Waals surface area (Å²) in [6.45, 7) is 11.8. The van der Waals surface area contributed by atoms with Gasteiger partial charge in [-0.05, 0) is 52.7 Å². The molecular weight excluding hydrogens is 316 g/mol. The zero-order chi connectivity index (χ0) is 19.5. The van der Waals surface area contributed by atoms with Crippen LogP contribution in [0.3, 0.4) is 0 Å². The summed E-state index contributed by atoms with van der Waals surface area (Å²) in [4.78, 5) is 11.2. The van der Waals surface area contributed by atoms with Crippen molar-refractivity contribution in [3.63, 3.8) is 0 Å². The van der Waals surface area contributed by atoms with E-state index in [1.165, 1.54) is 16.7 Å². The number of ketones is 1. The number of carbonyl (C=O) groups is 1. The minimum atomic E-state index is 0.157. The lowest BCUT2D eigenvalue weighted by atomic mass is 9.97. The van der Waals surface area contributed by atoms with Gasteiger partial charge in [-0.1, -0.05) is 89.5 Å². The number of Topliss-reactive ketones (excluding diaryl/α,β-unsaturated/α-hetero) is 1. The van der Waals surface area contributed by atoms with E-state index in [0.717, 1.165) is 16.7 Å². The van der Waals surface area contributed by atoms with Crippen LogP contribution in [0.1, 0.15) is 45.1 Å². The third-order valence-corrected chi connectivity index (χ3v) is 3.91. The second kappa shape index (κ2) is 11.0. The van der Waals surface area contributed by atoms with Gasteiger partial charge >= 0.3 is 0 Å². The summed E-state index contributed by atoms with van der Waals surface area (Å²) in [5.74, 6) is 0.157. The molecular formula is C25H30O. The Hall–Kier alpha value is -2.67. The van der Waals surface area contributed by atoms with Gasteiger partial charge < -0.3 is 0 Å². The van der Waals surface area contributed by atoms with Gasteiger partial charge in [0.15, 0.2) is 5.78 Å². The van der Waals surface area contributed by atoms with E-state index in [1.54, 1.807) is 6.92 Å². The molecule has 0 aliphatic heterocycles. The molecule has 0 amide bonds. The van der Waals surface area contributed by atoms with Gasteiger partial charge in [-0.25, -0.2) is 0 Å². The molecule has 0 aliphatic carbocycles. The maximum atomic E-state index is 11.2. The molecule has 136 valence electrons. The minimum absolute atomic E-state index is 0.157. The zero-order valence-electron chi connectivity index (χ0n) is 16.8. The topological polar surface area (TPSA) is 17.1 Å². The lowest BCUT2D eigenvalue weighted by Gasteiger charge is -2.07. The van der Waals surface area contributed by atoms with Crippen molar-refractivity contribution in [1.29, 1.82) is 0 Å². The average molecular weight is 347 g/mol. The predicted molar refractivity (Wildman–Crippen MR) is 113 cm³/mol. The summed E-state index contributed by atoms with van der Waals surface area (Å²) in [6, 6.07) is 24.6. The van der Waals surface area contributed by atoms with E-state index in [-0.39, 0.29) is 5.78 Å². The molecule has 1 nitrogen and oxygen atoms in total. The molecule has 0 fully saturated rings. The molecule has 0 bridgehead atoms. The smallest absolute Gasteiger partial charge is 0.160 e. The summed E-state index contributed by atoms with van der Waals surface area (Å²) in [5, 5.41) is 0. The Labute approximate surface area is 158 Å². The highest BCUT2D eigenvalue weighted by atomic mass is 16.1. The Kier molecular flexibility index (Phi) is 9.08. The summed E-state index contributed by atoms with van der Waals surface area (Å²) in [7, 11) is 0. The first kappa shape index (κ1) is 21.4. The fourth-order valence-corrected chi connectivity index (χ4v) is 2.80. The van der Waals surface area contributed by atoms with Crippen molar-refractivity contribution in [2.75, 3.05) is 0 Å². The molecule has 0 aromatic heterocycles. The molecule has 3 aromatic rings. The average Bonchev–Trinajstić information content (AvgIpc) is 2.56. The molecule has 0 unspecified atom stereocenters. The van der Waals surface area contributed by atoms with Crippen LogP contribution in [-0.4, -0.2) is 5.78 Å². The summed E-state index contributed by atoms with van der Waals surface area (Å²) < 4.78 is 0. The van der Waals surface area contributed by atoms with E-state index < -0.39 is 0 Å². The van der Waals surface area contributed by atoms with E-state index in [0.29, 0.717) is 0 Å². The molecule has 3 rings (SSSR count). The first-order valence-electron chi connectivity index (χ1n) is 8.93. The standard InChI is InChI=1S/C11H14O.2C7H8/c1-7-5-8(2)11(10(4)12)9(3)6-7;2*1-7-5-3-2-4-6-7/h5-6H,1-4H3;2*2-6H,1H3. The van der Waals surface area contributed by atoms with Crippen LogP contribution in [0.4, 0.5) is 0 Å². The first-order valence-corrected chi connectivity index (χ1v) is 8.93. The van der Waals surface area contributed by atoms with Crippen molar-refractivity contribution in [1.82, 2.24) is 0 Å². The largest absolute Gasteiger partial charge is 0.294 e. The van der Waals surface area contributed by atoms with Gasteiger partial charge in [0.2, 0.25) is 0 Å². The van der Waals surface area contributed by atoms with Gasteiger partial charge in [0, 0.05) is 5.56 Å². The van der Waals surface area contributed by atoms with Gasteiger partial charge in [0.25, 0.3) is 0 Å². The molecule has 0 heterocycles. The van der Waals surface area contributed by atoms with Gasteiger partial charge in [-0.15, -0.1) is 0 Å². The Bertz CT molecular complexity index is 742. The van der Waals surface area contributed by atoms with E-state index in [2.05, 4.69) is 38.1 Å². The van der Waals surface area contributed by atoms with Gasteiger partial charge in [0.1, 0.15) is 0 Å². The molecule has 0 aliphatic rings. The molecule has 0 atom stereocenters. The quantitative estimate of drug-likeness (QED) is 0.443. The highest BCUT2D eigenvalue weighted by Gasteiger charge is 2.07. The predicted octanol–water partition coefficient (Wildman–Crippen LogP) is 6.80. The van der Waals surface area contributed by atoms with Gasteiger partial charge in [-0.2, -0.15) is 0 Å². The lowest BCUT2D eigenvalue weighted by Crippen LogP contribution is -2.00.